The van der Waals surface area contributed by atoms with Crippen LogP contribution >= 0.6 is 11.3 Å². The number of nitrogens with zero attached hydrogens (tertiary/aromatic N) is 5. The van der Waals surface area contributed by atoms with Gasteiger partial charge in [0.25, 0.3) is 0 Å². The van der Waals surface area contributed by atoms with E-state index in [1.54, 1.807) is 22.2 Å². The van der Waals surface area contributed by atoms with Gasteiger partial charge in [-0.25, -0.2) is 0 Å². The Hall–Kier alpha value is -1.99. The van der Waals surface area contributed by atoms with Crippen molar-refractivity contribution in [2.45, 2.75) is 37.8 Å². The molecular formula is C15H17N5OS. The molecule has 22 heavy (non-hydrogen) atoms. The maximum atomic E-state index is 10.5. The van der Waals surface area contributed by atoms with Crippen molar-refractivity contribution in [3.63, 3.8) is 0 Å². The van der Waals surface area contributed by atoms with Gasteiger partial charge < -0.3 is 10.0 Å². The average Bonchev–Trinajstić information content (AvgIpc) is 3.20. The number of hydrogen-bond acceptors (Lipinski definition) is 6. The molecule has 1 fully saturated rings. The fourth-order valence-corrected chi connectivity index (χ4v) is 3.89. The first-order valence-electron chi connectivity index (χ1n) is 7.51. The minimum Gasteiger partial charge on any atom is -0.391 e. The van der Waals surface area contributed by atoms with Crippen molar-refractivity contribution in [2.75, 3.05) is 4.90 Å². The predicted molar refractivity (Wildman–Crippen MR) is 85.5 cm³/mol. The minimum absolute atomic E-state index is 0.0637. The van der Waals surface area contributed by atoms with Crippen LogP contribution < -0.4 is 4.90 Å². The van der Waals surface area contributed by atoms with Gasteiger partial charge in [0.05, 0.1) is 17.1 Å². The number of aliphatic hydroxyl groups excluding tert-OH is 1. The summed E-state index contributed by atoms with van der Waals surface area (Å²) in [4.78, 5) is 2.16. The van der Waals surface area contributed by atoms with E-state index >= 15 is 0 Å². The Balaban J connectivity index is 1.79. The fourth-order valence-electron chi connectivity index (χ4n) is 3.09. The van der Waals surface area contributed by atoms with Crippen LogP contribution in [-0.2, 0) is 0 Å². The van der Waals surface area contributed by atoms with Crippen molar-refractivity contribution < 1.29 is 5.11 Å². The number of aromatic nitrogens is 4. The second kappa shape index (κ2) is 5.66. The zero-order chi connectivity index (χ0) is 14.9. The number of fused-ring (bicyclic) bond motifs is 1. The number of hydrogen-bond donors (Lipinski definition) is 1. The molecule has 1 N–H and O–H groups in total. The average molecular weight is 315 g/mol. The Bertz CT molecular complexity index is 756. The molecular weight excluding hydrogens is 298 g/mol. The van der Waals surface area contributed by atoms with Crippen molar-refractivity contribution in [1.82, 2.24) is 19.8 Å². The highest BCUT2D eigenvalue weighted by atomic mass is 32.1. The van der Waals surface area contributed by atoms with Gasteiger partial charge in [0.1, 0.15) is 6.33 Å². The van der Waals surface area contributed by atoms with Gasteiger partial charge in [-0.3, -0.25) is 0 Å². The lowest BCUT2D eigenvalue weighted by Crippen LogP contribution is -2.43. The second-order valence-corrected chi connectivity index (χ2v) is 6.49. The maximum Gasteiger partial charge on any atom is 0.177 e. The van der Waals surface area contributed by atoms with Crippen molar-refractivity contribution in [1.29, 1.82) is 0 Å². The molecule has 1 saturated carbocycles. The topological polar surface area (TPSA) is 66.5 Å². The fraction of sp³-hybridized carbons (Fsp3) is 0.400. The van der Waals surface area contributed by atoms with Crippen LogP contribution in [0.5, 0.6) is 0 Å². The van der Waals surface area contributed by atoms with Gasteiger partial charge in [-0.15, -0.1) is 26.6 Å². The molecule has 0 aliphatic heterocycles. The summed E-state index contributed by atoms with van der Waals surface area (Å²) in [6, 6.07) is 8.02. The van der Waals surface area contributed by atoms with E-state index in [-0.39, 0.29) is 12.1 Å². The van der Waals surface area contributed by atoms with Crippen LogP contribution in [0.2, 0.25) is 0 Å². The number of rotatable bonds is 3. The highest BCUT2D eigenvalue weighted by Crippen LogP contribution is 2.35. The van der Waals surface area contributed by atoms with Gasteiger partial charge in [0.2, 0.25) is 0 Å². The van der Waals surface area contributed by atoms with Gasteiger partial charge in [-0.1, -0.05) is 12.8 Å². The van der Waals surface area contributed by atoms with Crippen LogP contribution in [0.4, 0.5) is 10.8 Å². The van der Waals surface area contributed by atoms with Crippen molar-refractivity contribution in [3.05, 3.63) is 36.0 Å². The maximum absolute atomic E-state index is 10.5. The van der Waals surface area contributed by atoms with E-state index < -0.39 is 0 Å². The molecule has 7 heteroatoms. The summed E-state index contributed by atoms with van der Waals surface area (Å²) in [7, 11) is 0. The van der Waals surface area contributed by atoms with Crippen LogP contribution in [0.15, 0.2) is 36.0 Å². The van der Waals surface area contributed by atoms with E-state index in [0.717, 1.165) is 42.1 Å². The van der Waals surface area contributed by atoms with Crippen LogP contribution in [0, 0.1) is 0 Å². The standard InChI is InChI=1S/C15H17N5OS/c21-12-5-2-1-4-11(12)20(15-6-3-9-22-15)14-8-7-13-17-16-10-19(13)18-14/h3,6-12,21H,1-2,4-5H2. The zero-order valence-corrected chi connectivity index (χ0v) is 12.9. The van der Waals surface area contributed by atoms with Crippen LogP contribution in [-0.4, -0.2) is 37.1 Å². The van der Waals surface area contributed by atoms with E-state index in [0.29, 0.717) is 0 Å². The summed E-state index contributed by atoms with van der Waals surface area (Å²) in [6.45, 7) is 0. The lowest BCUT2D eigenvalue weighted by Gasteiger charge is -2.37. The molecule has 2 atom stereocenters. The Labute approximate surface area is 132 Å². The molecule has 0 amide bonds. The third-order valence-corrected chi connectivity index (χ3v) is 5.03. The molecule has 3 aromatic rings. The molecule has 3 heterocycles. The summed E-state index contributed by atoms with van der Waals surface area (Å²) in [5.74, 6) is 0.820. The SMILES string of the molecule is OC1CCCCC1N(c1ccc2nncn2n1)c1cccs1. The van der Waals surface area contributed by atoms with Gasteiger partial charge in [0, 0.05) is 0 Å². The van der Waals surface area contributed by atoms with Crippen LogP contribution in [0.1, 0.15) is 25.7 Å². The highest BCUT2D eigenvalue weighted by molar-refractivity contribution is 7.14. The van der Waals surface area contributed by atoms with E-state index in [1.807, 2.05) is 18.2 Å². The van der Waals surface area contributed by atoms with Gasteiger partial charge in [-0.2, -0.15) is 4.52 Å². The number of anilines is 2. The van der Waals surface area contributed by atoms with E-state index in [2.05, 4.69) is 31.6 Å². The Morgan fingerprint density at radius 3 is 2.95 bits per heavy atom. The van der Waals surface area contributed by atoms with Crippen molar-refractivity contribution in [3.8, 4) is 0 Å². The quantitative estimate of drug-likeness (QED) is 0.805. The lowest BCUT2D eigenvalue weighted by molar-refractivity contribution is 0.108. The monoisotopic (exact) mass is 315 g/mol. The summed E-state index contributed by atoms with van der Waals surface area (Å²) in [6.07, 6.45) is 5.33. The van der Waals surface area contributed by atoms with Gasteiger partial charge in [-0.05, 0) is 42.5 Å². The molecule has 0 bridgehead atoms. The Morgan fingerprint density at radius 2 is 2.14 bits per heavy atom. The molecule has 1 aliphatic carbocycles. The molecule has 114 valence electrons. The lowest BCUT2D eigenvalue weighted by atomic mass is 9.91. The molecule has 4 rings (SSSR count). The van der Waals surface area contributed by atoms with E-state index in [9.17, 15) is 5.11 Å². The molecule has 0 aromatic carbocycles. The first kappa shape index (κ1) is 13.7. The minimum atomic E-state index is -0.325. The summed E-state index contributed by atoms with van der Waals surface area (Å²) < 4.78 is 1.67. The summed E-state index contributed by atoms with van der Waals surface area (Å²) >= 11 is 1.66. The molecule has 0 saturated heterocycles. The third kappa shape index (κ3) is 2.36. The second-order valence-electron chi connectivity index (χ2n) is 5.57. The normalized spacial score (nSPS) is 22.0. The van der Waals surface area contributed by atoms with Crippen molar-refractivity contribution in [2.24, 2.45) is 0 Å². The molecule has 6 nitrogen and oxygen atoms in total. The van der Waals surface area contributed by atoms with Crippen molar-refractivity contribution >= 4 is 27.8 Å². The smallest absolute Gasteiger partial charge is 0.177 e. The number of thiophene rings is 1. The van der Waals surface area contributed by atoms with Gasteiger partial charge >= 0.3 is 0 Å². The zero-order valence-electron chi connectivity index (χ0n) is 12.0. The highest BCUT2D eigenvalue weighted by Gasteiger charge is 2.31. The van der Waals surface area contributed by atoms with Gasteiger partial charge in [0.15, 0.2) is 11.5 Å². The Kier molecular flexibility index (Phi) is 3.51. The number of aliphatic hydroxyl groups is 1. The summed E-state index contributed by atoms with van der Waals surface area (Å²) in [5, 5.41) is 26.1. The van der Waals surface area contributed by atoms with Crippen LogP contribution in [0.3, 0.4) is 0 Å². The molecule has 0 spiro atoms. The molecule has 2 unspecified atom stereocenters. The molecule has 1 aliphatic rings. The first-order valence-corrected chi connectivity index (χ1v) is 8.39. The van der Waals surface area contributed by atoms with Crippen LogP contribution in [0.25, 0.3) is 5.65 Å². The first-order chi connectivity index (χ1) is 10.8. The largest absolute Gasteiger partial charge is 0.391 e. The Morgan fingerprint density at radius 1 is 1.23 bits per heavy atom. The predicted octanol–water partition coefficient (Wildman–Crippen LogP) is 2.63. The third-order valence-electron chi connectivity index (χ3n) is 4.16. The molecule has 3 aromatic heterocycles. The van der Waals surface area contributed by atoms with E-state index in [1.165, 1.54) is 0 Å². The van der Waals surface area contributed by atoms with E-state index in [4.69, 9.17) is 0 Å². The molecule has 0 radical (unpaired) electrons. The summed E-state index contributed by atoms with van der Waals surface area (Å²) in [5.41, 5.74) is 0.721.